The van der Waals surface area contributed by atoms with Crippen LogP contribution in [-0.4, -0.2) is 37.4 Å². The van der Waals surface area contributed by atoms with Crippen LogP contribution >= 0.6 is 11.6 Å². The number of ether oxygens (including phenoxy) is 3. The van der Waals surface area contributed by atoms with Crippen molar-refractivity contribution in [3.05, 3.63) is 22.7 Å². The van der Waals surface area contributed by atoms with E-state index in [9.17, 15) is 4.79 Å². The molecule has 0 unspecified atom stereocenters. The lowest BCUT2D eigenvalue weighted by Crippen LogP contribution is -2.23. The topological polar surface area (TPSA) is 48.0 Å². The fraction of sp³-hybridized carbons (Fsp3) is 0.500. The van der Waals surface area contributed by atoms with Gasteiger partial charge in [-0.2, -0.15) is 0 Å². The summed E-state index contributed by atoms with van der Waals surface area (Å²) in [7, 11) is 0. The third kappa shape index (κ3) is 1.93. The molecule has 20 heavy (non-hydrogen) atoms. The molecule has 1 aromatic carbocycles. The molecule has 3 aliphatic heterocycles. The summed E-state index contributed by atoms with van der Waals surface area (Å²) in [5.74, 6) is 1.73. The molecule has 3 aliphatic rings. The molecule has 6 heteroatoms. The number of carbonyl (C=O) groups excluding carboxylic acids is 1. The van der Waals surface area contributed by atoms with Crippen LogP contribution in [0.15, 0.2) is 12.1 Å². The van der Waals surface area contributed by atoms with Gasteiger partial charge in [0.25, 0.3) is 0 Å². The van der Waals surface area contributed by atoms with Crippen LogP contribution in [0.3, 0.4) is 0 Å². The molecular weight excluding hydrogens is 282 g/mol. The summed E-state index contributed by atoms with van der Waals surface area (Å²) >= 11 is 6.28. The van der Waals surface area contributed by atoms with Crippen LogP contribution in [0.4, 0.5) is 0 Å². The van der Waals surface area contributed by atoms with E-state index in [-0.39, 0.29) is 18.7 Å². The lowest BCUT2D eigenvalue weighted by molar-refractivity contribution is -0.141. The molecule has 0 spiro atoms. The predicted octanol–water partition coefficient (Wildman–Crippen LogP) is 1.67. The number of likely N-dealkylation sites (tertiary alicyclic amines) is 1. The summed E-state index contributed by atoms with van der Waals surface area (Å²) in [5, 5.41) is 0.675. The van der Waals surface area contributed by atoms with Gasteiger partial charge in [0.1, 0.15) is 0 Å². The van der Waals surface area contributed by atoms with Crippen molar-refractivity contribution in [2.45, 2.75) is 6.54 Å². The summed E-state index contributed by atoms with van der Waals surface area (Å²) in [6.45, 7) is 3.13. The Morgan fingerprint density at radius 1 is 1.20 bits per heavy atom. The number of halogens is 1. The van der Waals surface area contributed by atoms with Gasteiger partial charge in [0.15, 0.2) is 11.5 Å². The first-order valence-electron chi connectivity index (χ1n) is 6.68. The molecule has 0 aliphatic carbocycles. The van der Waals surface area contributed by atoms with E-state index in [0.717, 1.165) is 30.9 Å². The highest BCUT2D eigenvalue weighted by molar-refractivity contribution is 6.31. The maximum atomic E-state index is 11.6. The minimum atomic E-state index is -0.0608. The Hall–Kier alpha value is -1.46. The maximum absolute atomic E-state index is 11.6. The molecule has 0 bridgehead atoms. The summed E-state index contributed by atoms with van der Waals surface area (Å²) in [6.07, 6.45) is 0. The third-order valence-corrected chi connectivity index (χ3v) is 4.55. The van der Waals surface area contributed by atoms with Crippen LogP contribution in [0.25, 0.3) is 0 Å². The Kier molecular flexibility index (Phi) is 2.79. The Morgan fingerprint density at radius 2 is 2.00 bits per heavy atom. The first-order chi connectivity index (χ1) is 9.70. The lowest BCUT2D eigenvalue weighted by atomic mass is 10.0. The number of esters is 1. The Morgan fingerprint density at radius 3 is 2.80 bits per heavy atom. The fourth-order valence-electron chi connectivity index (χ4n) is 3.14. The van der Waals surface area contributed by atoms with E-state index in [2.05, 4.69) is 4.90 Å². The van der Waals surface area contributed by atoms with Crippen molar-refractivity contribution in [3.8, 4) is 11.5 Å². The predicted molar refractivity (Wildman–Crippen MR) is 70.8 cm³/mol. The number of benzene rings is 1. The number of hydrogen-bond acceptors (Lipinski definition) is 5. The first-order valence-corrected chi connectivity index (χ1v) is 7.05. The van der Waals surface area contributed by atoms with Crippen molar-refractivity contribution in [1.82, 2.24) is 4.90 Å². The highest BCUT2D eigenvalue weighted by atomic mass is 35.5. The number of carbonyl (C=O) groups is 1. The van der Waals surface area contributed by atoms with Crippen molar-refractivity contribution in [3.63, 3.8) is 0 Å². The Balaban J connectivity index is 1.51. The molecule has 2 fully saturated rings. The number of hydrogen-bond donors (Lipinski definition) is 0. The van der Waals surface area contributed by atoms with Gasteiger partial charge in [0.2, 0.25) is 6.79 Å². The van der Waals surface area contributed by atoms with Crippen LogP contribution in [0, 0.1) is 11.8 Å². The second kappa shape index (κ2) is 4.53. The van der Waals surface area contributed by atoms with Crippen LogP contribution < -0.4 is 9.47 Å². The van der Waals surface area contributed by atoms with Gasteiger partial charge in [0, 0.05) is 36.6 Å². The van der Waals surface area contributed by atoms with Crippen molar-refractivity contribution < 1.29 is 19.0 Å². The van der Waals surface area contributed by atoms with Gasteiger partial charge in [-0.3, -0.25) is 9.69 Å². The van der Waals surface area contributed by atoms with Crippen molar-refractivity contribution in [1.29, 1.82) is 0 Å². The van der Waals surface area contributed by atoms with Crippen molar-refractivity contribution in [2.24, 2.45) is 11.8 Å². The first kappa shape index (κ1) is 12.3. The van der Waals surface area contributed by atoms with Gasteiger partial charge in [-0.1, -0.05) is 11.6 Å². The summed E-state index contributed by atoms with van der Waals surface area (Å²) in [5.41, 5.74) is 1.00. The molecule has 4 rings (SSSR count). The van der Waals surface area contributed by atoms with Crippen molar-refractivity contribution >= 4 is 17.6 Å². The van der Waals surface area contributed by atoms with E-state index < -0.39 is 0 Å². The lowest BCUT2D eigenvalue weighted by Gasteiger charge is -2.17. The van der Waals surface area contributed by atoms with Gasteiger partial charge in [0.05, 0.1) is 12.5 Å². The van der Waals surface area contributed by atoms with Gasteiger partial charge in [-0.25, -0.2) is 0 Å². The van der Waals surface area contributed by atoms with Gasteiger partial charge in [-0.05, 0) is 11.6 Å². The minimum Gasteiger partial charge on any atom is -0.465 e. The Bertz CT molecular complexity index is 577. The van der Waals surface area contributed by atoms with E-state index in [1.54, 1.807) is 6.07 Å². The number of nitrogens with zero attached hydrogens (tertiary/aromatic N) is 1. The SMILES string of the molecule is O=C1OC[C@H]2CN(Cc3cc4c(cc3Cl)OCO4)C[C@@H]12. The van der Waals surface area contributed by atoms with Crippen LogP contribution in [0.5, 0.6) is 11.5 Å². The average molecular weight is 296 g/mol. The molecule has 0 radical (unpaired) electrons. The molecule has 2 saturated heterocycles. The molecule has 0 N–H and O–H groups in total. The highest BCUT2D eigenvalue weighted by Gasteiger charge is 2.43. The zero-order valence-electron chi connectivity index (χ0n) is 10.8. The number of fused-ring (bicyclic) bond motifs is 2. The van der Waals surface area contributed by atoms with E-state index in [1.165, 1.54) is 0 Å². The van der Waals surface area contributed by atoms with Crippen LogP contribution in [0.1, 0.15) is 5.56 Å². The number of rotatable bonds is 2. The molecule has 3 heterocycles. The third-order valence-electron chi connectivity index (χ3n) is 4.19. The molecule has 0 saturated carbocycles. The van der Waals surface area contributed by atoms with E-state index in [4.69, 9.17) is 25.8 Å². The second-order valence-electron chi connectivity index (χ2n) is 5.49. The maximum Gasteiger partial charge on any atom is 0.310 e. The van der Waals surface area contributed by atoms with E-state index in [1.807, 2.05) is 6.07 Å². The second-order valence-corrected chi connectivity index (χ2v) is 5.89. The smallest absolute Gasteiger partial charge is 0.310 e. The quantitative estimate of drug-likeness (QED) is 0.777. The zero-order valence-corrected chi connectivity index (χ0v) is 11.6. The van der Waals surface area contributed by atoms with Crippen molar-refractivity contribution in [2.75, 3.05) is 26.5 Å². The van der Waals surface area contributed by atoms with Gasteiger partial charge >= 0.3 is 5.97 Å². The molecule has 106 valence electrons. The van der Waals surface area contributed by atoms with Gasteiger partial charge in [-0.15, -0.1) is 0 Å². The molecular formula is C14H14ClNO4. The largest absolute Gasteiger partial charge is 0.465 e. The molecule has 1 aromatic rings. The van der Waals surface area contributed by atoms with Crippen LogP contribution in [0.2, 0.25) is 5.02 Å². The average Bonchev–Trinajstić information content (AvgIpc) is 3.09. The summed E-state index contributed by atoms with van der Waals surface area (Å²) in [4.78, 5) is 13.8. The fourth-order valence-corrected chi connectivity index (χ4v) is 3.36. The normalized spacial score (nSPS) is 27.8. The monoisotopic (exact) mass is 295 g/mol. The standard InChI is InChI=1S/C14H14ClNO4/c15-11-2-13-12(19-7-20-13)1-8(11)3-16-4-9-6-18-14(17)10(9)5-16/h1-2,9-10H,3-7H2/t9-,10-/m1/s1. The zero-order chi connectivity index (χ0) is 13.7. The van der Waals surface area contributed by atoms with Gasteiger partial charge < -0.3 is 14.2 Å². The molecule has 0 amide bonds. The summed E-state index contributed by atoms with van der Waals surface area (Å²) < 4.78 is 15.7. The van der Waals surface area contributed by atoms with E-state index in [0.29, 0.717) is 23.3 Å². The minimum absolute atomic E-state index is 0.0304. The molecule has 2 atom stereocenters. The number of cyclic esters (lactones) is 1. The Labute approximate surface area is 121 Å². The van der Waals surface area contributed by atoms with Crippen LogP contribution in [-0.2, 0) is 16.1 Å². The molecule has 5 nitrogen and oxygen atoms in total. The summed E-state index contributed by atoms with van der Waals surface area (Å²) in [6, 6.07) is 3.72. The highest BCUT2D eigenvalue weighted by Crippen LogP contribution is 2.38. The molecule has 0 aromatic heterocycles. The van der Waals surface area contributed by atoms with E-state index >= 15 is 0 Å².